The highest BCUT2D eigenvalue weighted by Crippen LogP contribution is 2.49. The summed E-state index contributed by atoms with van der Waals surface area (Å²) in [4.78, 5) is 0. The molecule has 0 saturated heterocycles. The summed E-state index contributed by atoms with van der Waals surface area (Å²) < 4.78 is -0.394. The molecule has 0 unspecified atom stereocenters. The van der Waals surface area contributed by atoms with Gasteiger partial charge in [0.1, 0.15) is 0 Å². The Kier molecular flexibility index (Phi) is 25.8. The van der Waals surface area contributed by atoms with Gasteiger partial charge in [-0.15, -0.1) is 0 Å². The van der Waals surface area contributed by atoms with Crippen LogP contribution in [0.1, 0.15) is 59.5 Å². The molecule has 0 nitrogen and oxygen atoms in total. The van der Waals surface area contributed by atoms with Crippen LogP contribution in [-0.2, 0) is 0 Å². The Morgan fingerprint density at radius 3 is 0.912 bits per heavy atom. The molecule has 0 fully saturated rings. The van der Waals surface area contributed by atoms with E-state index in [4.69, 9.17) is 34.8 Å². The van der Waals surface area contributed by atoms with Crippen LogP contribution in [0.15, 0.2) is 24.3 Å². The Morgan fingerprint density at radius 2 is 0.735 bits per heavy atom. The summed E-state index contributed by atoms with van der Waals surface area (Å²) in [5.74, 6) is 0. The van der Waals surface area contributed by atoms with Crippen LogP contribution in [0.25, 0.3) is 0 Å². The van der Waals surface area contributed by atoms with Crippen LogP contribution in [0, 0.1) is 27.7 Å². The van der Waals surface area contributed by atoms with E-state index in [1.807, 2.05) is 0 Å². The third kappa shape index (κ3) is 15.2. The van der Waals surface area contributed by atoms with E-state index < -0.39 is 4.30 Å². The Labute approximate surface area is 301 Å². The van der Waals surface area contributed by atoms with Gasteiger partial charge >= 0.3 is 0 Å². The van der Waals surface area contributed by atoms with Gasteiger partial charge in [-0.2, -0.15) is 0 Å². The Morgan fingerprint density at radius 1 is 0.500 bits per heavy atom. The molecule has 196 valence electrons. The summed E-state index contributed by atoms with van der Waals surface area (Å²) in [6, 6.07) is 8.57. The predicted molar refractivity (Wildman–Crippen MR) is 193 cm³/mol. The Bertz CT molecular complexity index is 790. The second-order valence-electron chi connectivity index (χ2n) is 6.47. The van der Waals surface area contributed by atoms with E-state index in [1.54, 1.807) is 0 Å². The lowest BCUT2D eigenvalue weighted by Crippen LogP contribution is -2.03. The van der Waals surface area contributed by atoms with Crippen LogP contribution in [-0.4, -0.2) is 4.30 Å². The third-order valence-corrected chi connectivity index (χ3v) is 8.39. The standard InChI is InChI=1S/C10H6Br8.C10H14.CHCl3.Br2/c11-7(12)3-1-2-4(8(13)14)6(10(17)18)5(3)9(15)16;1-7-5-6-8(2)10(4)9(7)3;2-1(3)4;1-2/h1-2,7-10H;5-6H,1-4H3;1H;. The smallest absolute Gasteiger partial charge is 0.0874 e. The molecule has 0 aromatic heterocycles. The van der Waals surface area contributed by atoms with Crippen LogP contribution in [0.2, 0.25) is 0 Å². The van der Waals surface area contributed by atoms with E-state index in [9.17, 15) is 0 Å². The molecule has 0 aliphatic carbocycles. The number of aryl methyl sites for hydroxylation is 2. The molecule has 2 aromatic rings. The lowest BCUT2D eigenvalue weighted by molar-refractivity contribution is 1.16. The second-order valence-corrected chi connectivity index (χ2v) is 20.7. The summed E-state index contributed by atoms with van der Waals surface area (Å²) in [7, 11) is 0. The van der Waals surface area contributed by atoms with Gasteiger partial charge in [-0.1, -0.05) is 187 Å². The number of hydrogen-bond acceptors (Lipinski definition) is 0. The van der Waals surface area contributed by atoms with Crippen LogP contribution >= 0.6 is 190 Å². The summed E-state index contributed by atoms with van der Waals surface area (Å²) in [6.45, 7) is 8.67. The molecule has 0 spiro atoms. The van der Waals surface area contributed by atoms with Gasteiger partial charge in [0.15, 0.2) is 4.30 Å². The van der Waals surface area contributed by atoms with Crippen molar-refractivity contribution in [1.82, 2.24) is 0 Å². The van der Waals surface area contributed by atoms with Crippen molar-refractivity contribution in [3.05, 3.63) is 68.8 Å². The molecule has 0 bridgehead atoms. The average molecular weight is 1180 g/mol. The van der Waals surface area contributed by atoms with Gasteiger partial charge in [-0.05, 0) is 72.2 Å². The molecule has 0 N–H and O–H groups in total. The minimum absolute atomic E-state index is 0.0731. The van der Waals surface area contributed by atoms with Crippen LogP contribution < -0.4 is 0 Å². The lowest BCUT2D eigenvalue weighted by atomic mass is 10.00. The van der Waals surface area contributed by atoms with E-state index in [0.717, 1.165) is 0 Å². The average Bonchev–Trinajstić information content (AvgIpc) is 2.75. The van der Waals surface area contributed by atoms with E-state index in [0.29, 0.717) is 0 Å². The first-order chi connectivity index (χ1) is 15.6. The van der Waals surface area contributed by atoms with Gasteiger partial charge in [0.05, 0.1) is 14.9 Å². The van der Waals surface area contributed by atoms with Crippen molar-refractivity contribution in [2.75, 3.05) is 0 Å². The van der Waals surface area contributed by atoms with Crippen molar-refractivity contribution in [3.8, 4) is 0 Å². The van der Waals surface area contributed by atoms with E-state index >= 15 is 0 Å². The number of benzene rings is 2. The highest BCUT2D eigenvalue weighted by atomic mass is 80.9. The quantitative estimate of drug-likeness (QED) is 0.268. The van der Waals surface area contributed by atoms with Crippen molar-refractivity contribution in [3.63, 3.8) is 0 Å². The topological polar surface area (TPSA) is 0 Å². The molecule has 2 aromatic carbocycles. The molecule has 0 saturated carbocycles. The molecule has 0 atom stereocenters. The van der Waals surface area contributed by atoms with Crippen molar-refractivity contribution in [2.24, 2.45) is 0 Å². The zero-order chi connectivity index (χ0) is 27.3. The van der Waals surface area contributed by atoms with Crippen LogP contribution in [0.4, 0.5) is 0 Å². The zero-order valence-electron chi connectivity index (χ0n) is 18.1. The van der Waals surface area contributed by atoms with Crippen molar-refractivity contribution < 1.29 is 0 Å². The van der Waals surface area contributed by atoms with Gasteiger partial charge in [0.25, 0.3) is 0 Å². The molecule has 0 amide bonds. The zero-order valence-corrected chi connectivity index (χ0v) is 36.2. The normalized spacial score (nSPS) is 10.6. The summed E-state index contributed by atoms with van der Waals surface area (Å²) >= 11 is 48.6. The molecule has 13 heteroatoms. The Hall–Kier alpha value is 4.11. The first-order valence-corrected chi connectivity index (χ1v) is 21.4. The maximum Gasteiger partial charge on any atom is 0.180 e. The lowest BCUT2D eigenvalue weighted by Gasteiger charge is -2.22. The van der Waals surface area contributed by atoms with Crippen molar-refractivity contribution >= 4 is 190 Å². The maximum atomic E-state index is 4.81. The highest BCUT2D eigenvalue weighted by Gasteiger charge is 2.25. The first kappa shape index (κ1) is 40.2. The summed E-state index contributed by atoms with van der Waals surface area (Å²) in [5.41, 5.74) is 10.4. The number of halogens is 13. The maximum absolute atomic E-state index is 4.81. The predicted octanol–water partition coefficient (Wildman–Crippen LogP) is 15.4. The summed E-state index contributed by atoms with van der Waals surface area (Å²) in [5, 5.41) is 0. The van der Waals surface area contributed by atoms with Gasteiger partial charge in [-0.3, -0.25) is 0 Å². The summed E-state index contributed by atoms with van der Waals surface area (Å²) in [6.07, 6.45) is 0. The molecule has 0 heterocycles. The van der Waals surface area contributed by atoms with E-state index in [-0.39, 0.29) is 14.9 Å². The second kappa shape index (κ2) is 21.8. The minimum atomic E-state index is -0.750. The molecule has 34 heavy (non-hydrogen) atoms. The SMILES string of the molecule is BrBr.BrC(Br)c1ccc(C(Br)Br)c(C(Br)Br)c1C(Br)Br.Cc1ccc(C)c(C)c1C.ClC(Cl)Cl. The van der Waals surface area contributed by atoms with E-state index in [2.05, 4.69) is 208 Å². The van der Waals surface area contributed by atoms with Crippen LogP contribution in [0.3, 0.4) is 0 Å². The molecule has 0 aliphatic heterocycles. The molecular formula is C21H21Br10Cl3. The number of rotatable bonds is 4. The third-order valence-electron chi connectivity index (χ3n) is 4.59. The molecule has 0 aliphatic rings. The number of alkyl halides is 11. The molecule has 0 radical (unpaired) electrons. The monoisotopic (exact) mass is 1170 g/mol. The molecule has 2 rings (SSSR count). The van der Waals surface area contributed by atoms with Crippen molar-refractivity contribution in [2.45, 2.75) is 46.9 Å². The molecular weight excluding hydrogens is 1160 g/mol. The van der Waals surface area contributed by atoms with Gasteiger partial charge in [0, 0.05) is 28.3 Å². The fraction of sp³-hybridized carbons (Fsp3) is 0.429. The van der Waals surface area contributed by atoms with Gasteiger partial charge in [0.2, 0.25) is 0 Å². The Balaban J connectivity index is 0. The van der Waals surface area contributed by atoms with Crippen LogP contribution in [0.5, 0.6) is 0 Å². The fourth-order valence-corrected chi connectivity index (χ4v) is 6.27. The van der Waals surface area contributed by atoms with Gasteiger partial charge in [-0.25, -0.2) is 0 Å². The van der Waals surface area contributed by atoms with Gasteiger partial charge < -0.3 is 0 Å². The minimum Gasteiger partial charge on any atom is -0.0874 e. The van der Waals surface area contributed by atoms with Crippen molar-refractivity contribution in [1.29, 1.82) is 0 Å². The van der Waals surface area contributed by atoms with E-state index in [1.165, 1.54) is 44.5 Å². The fourth-order valence-electron chi connectivity index (χ4n) is 2.63. The number of hydrogen-bond donors (Lipinski definition) is 0. The first-order valence-electron chi connectivity index (χ1n) is 9.02. The highest BCUT2D eigenvalue weighted by molar-refractivity contribution is 9.93. The largest absolute Gasteiger partial charge is 0.180 e.